The highest BCUT2D eigenvalue weighted by Gasteiger charge is 2.05. The highest BCUT2D eigenvalue weighted by Crippen LogP contribution is 2.15. The van der Waals surface area contributed by atoms with Crippen LogP contribution in [-0.2, 0) is 17.6 Å². The molecule has 1 N–H and O–H groups in total. The highest BCUT2D eigenvalue weighted by atomic mass is 32.1. The molecule has 0 unspecified atom stereocenters. The normalized spacial score (nSPS) is 11.3. The lowest BCUT2D eigenvalue weighted by molar-refractivity contribution is 0.199. The van der Waals surface area contributed by atoms with Crippen molar-refractivity contribution < 1.29 is 4.74 Å². The van der Waals surface area contributed by atoms with Gasteiger partial charge in [-0.05, 0) is 25.3 Å². The molecule has 0 spiro atoms. The largest absolute Gasteiger partial charge is 0.383 e. The van der Waals surface area contributed by atoms with Crippen LogP contribution in [0, 0.1) is 5.92 Å². The number of ether oxygens (including phenoxy) is 1. The maximum absolute atomic E-state index is 4.97. The van der Waals surface area contributed by atoms with E-state index in [9.17, 15) is 0 Å². The Hall–Kier alpha value is -0.520. The van der Waals surface area contributed by atoms with Gasteiger partial charge in [-0.15, -0.1) is 21.5 Å². The Labute approximate surface area is 114 Å². The summed E-state index contributed by atoms with van der Waals surface area (Å²) in [4.78, 5) is 0. The van der Waals surface area contributed by atoms with Crippen molar-refractivity contribution >= 4 is 11.3 Å². The van der Waals surface area contributed by atoms with Gasteiger partial charge < -0.3 is 10.1 Å². The second-order valence-electron chi connectivity index (χ2n) is 4.87. The number of aromatic nitrogens is 2. The molecular formula is C13H25N3OS. The zero-order valence-electron chi connectivity index (χ0n) is 11.7. The van der Waals surface area contributed by atoms with E-state index in [0.717, 1.165) is 44.9 Å². The van der Waals surface area contributed by atoms with Crippen molar-refractivity contribution in [3.63, 3.8) is 0 Å². The first kappa shape index (κ1) is 15.5. The first-order valence-electron chi connectivity index (χ1n) is 6.73. The minimum Gasteiger partial charge on any atom is -0.383 e. The van der Waals surface area contributed by atoms with Gasteiger partial charge in [0.05, 0.1) is 6.61 Å². The third-order valence-electron chi connectivity index (χ3n) is 2.67. The average Bonchev–Trinajstić information content (AvgIpc) is 2.79. The molecule has 0 fully saturated rings. The zero-order valence-corrected chi connectivity index (χ0v) is 12.6. The fraction of sp³-hybridized carbons (Fsp3) is 0.846. The molecule has 0 saturated carbocycles. The molecule has 1 heterocycles. The lowest BCUT2D eigenvalue weighted by Crippen LogP contribution is -2.20. The van der Waals surface area contributed by atoms with Crippen LogP contribution in [0.2, 0.25) is 0 Å². The summed E-state index contributed by atoms with van der Waals surface area (Å²) in [5.74, 6) is 0.738. The van der Waals surface area contributed by atoms with Gasteiger partial charge in [-0.3, -0.25) is 0 Å². The van der Waals surface area contributed by atoms with E-state index in [1.807, 2.05) is 0 Å². The van der Waals surface area contributed by atoms with Crippen LogP contribution in [0.25, 0.3) is 0 Å². The summed E-state index contributed by atoms with van der Waals surface area (Å²) >= 11 is 1.77. The number of nitrogens with one attached hydrogen (secondary N) is 1. The van der Waals surface area contributed by atoms with E-state index in [0.29, 0.717) is 0 Å². The van der Waals surface area contributed by atoms with Crippen molar-refractivity contribution in [2.45, 2.75) is 39.5 Å². The molecule has 18 heavy (non-hydrogen) atoms. The summed E-state index contributed by atoms with van der Waals surface area (Å²) in [5, 5.41) is 14.2. The Morgan fingerprint density at radius 3 is 2.56 bits per heavy atom. The van der Waals surface area contributed by atoms with E-state index in [4.69, 9.17) is 4.74 Å². The summed E-state index contributed by atoms with van der Waals surface area (Å²) in [6.45, 7) is 7.20. The van der Waals surface area contributed by atoms with Crippen LogP contribution in [-0.4, -0.2) is 37.0 Å². The summed E-state index contributed by atoms with van der Waals surface area (Å²) < 4.78 is 4.97. The number of hydrogen-bond donors (Lipinski definition) is 1. The van der Waals surface area contributed by atoms with Crippen LogP contribution in [0.15, 0.2) is 0 Å². The van der Waals surface area contributed by atoms with Crippen molar-refractivity contribution in [3.8, 4) is 0 Å². The van der Waals surface area contributed by atoms with Crippen LogP contribution in [0.1, 0.15) is 36.7 Å². The van der Waals surface area contributed by atoms with Gasteiger partial charge in [-0.25, -0.2) is 0 Å². The van der Waals surface area contributed by atoms with Crippen LogP contribution in [0.5, 0.6) is 0 Å². The first-order valence-corrected chi connectivity index (χ1v) is 7.55. The van der Waals surface area contributed by atoms with E-state index in [1.54, 1.807) is 18.4 Å². The van der Waals surface area contributed by atoms with E-state index in [1.165, 1.54) is 16.4 Å². The predicted molar refractivity (Wildman–Crippen MR) is 76.1 cm³/mol. The third kappa shape index (κ3) is 7.03. The molecule has 1 rings (SSSR count). The molecule has 0 radical (unpaired) electrons. The van der Waals surface area contributed by atoms with Gasteiger partial charge in [0.25, 0.3) is 0 Å². The van der Waals surface area contributed by atoms with E-state index < -0.39 is 0 Å². The van der Waals surface area contributed by atoms with E-state index in [2.05, 4.69) is 29.4 Å². The topological polar surface area (TPSA) is 47.0 Å². The van der Waals surface area contributed by atoms with Gasteiger partial charge in [-0.1, -0.05) is 13.8 Å². The van der Waals surface area contributed by atoms with Gasteiger partial charge in [0.2, 0.25) is 0 Å². The molecule has 5 heteroatoms. The van der Waals surface area contributed by atoms with Crippen molar-refractivity contribution in [1.29, 1.82) is 0 Å². The molecule has 0 saturated heterocycles. The summed E-state index contributed by atoms with van der Waals surface area (Å²) in [6.07, 6.45) is 4.41. The summed E-state index contributed by atoms with van der Waals surface area (Å²) in [5.41, 5.74) is 0. The van der Waals surface area contributed by atoms with Crippen LogP contribution in [0.4, 0.5) is 0 Å². The summed E-state index contributed by atoms with van der Waals surface area (Å²) in [6, 6.07) is 0. The highest BCUT2D eigenvalue weighted by molar-refractivity contribution is 7.11. The van der Waals surface area contributed by atoms with E-state index in [-0.39, 0.29) is 0 Å². The van der Waals surface area contributed by atoms with Gasteiger partial charge in [-0.2, -0.15) is 0 Å². The Bertz CT molecular complexity index is 315. The molecule has 0 atom stereocenters. The number of methoxy groups -OCH3 is 1. The van der Waals surface area contributed by atoms with Crippen LogP contribution < -0.4 is 5.32 Å². The number of aryl methyl sites for hydroxylation is 2. The second kappa shape index (κ2) is 9.42. The Morgan fingerprint density at radius 2 is 1.89 bits per heavy atom. The predicted octanol–water partition coefficient (Wildman–Crippen LogP) is 2.30. The van der Waals surface area contributed by atoms with Gasteiger partial charge in [0.15, 0.2) is 0 Å². The average molecular weight is 271 g/mol. The Kier molecular flexibility index (Phi) is 8.13. The lowest BCUT2D eigenvalue weighted by atomic mass is 10.1. The standard InChI is InChI=1S/C13H25N3OS/c1-11(2)6-7-13-16-15-12(18-13)5-4-8-14-9-10-17-3/h11,14H,4-10H2,1-3H3. The molecule has 0 aliphatic rings. The minimum atomic E-state index is 0.738. The van der Waals surface area contributed by atoms with Gasteiger partial charge in [0, 0.05) is 26.5 Å². The fourth-order valence-corrected chi connectivity index (χ4v) is 2.47. The Morgan fingerprint density at radius 1 is 1.17 bits per heavy atom. The monoisotopic (exact) mass is 271 g/mol. The first-order chi connectivity index (χ1) is 8.72. The molecule has 1 aromatic heterocycles. The minimum absolute atomic E-state index is 0.738. The fourth-order valence-electron chi connectivity index (χ4n) is 1.57. The van der Waals surface area contributed by atoms with Gasteiger partial charge in [0.1, 0.15) is 10.0 Å². The third-order valence-corrected chi connectivity index (χ3v) is 3.71. The number of rotatable bonds is 10. The van der Waals surface area contributed by atoms with Gasteiger partial charge >= 0.3 is 0 Å². The maximum Gasteiger partial charge on any atom is 0.117 e. The SMILES string of the molecule is COCCNCCCc1nnc(CCC(C)C)s1. The molecule has 104 valence electrons. The van der Waals surface area contributed by atoms with E-state index >= 15 is 0 Å². The number of nitrogens with zero attached hydrogens (tertiary/aromatic N) is 2. The quantitative estimate of drug-likeness (QED) is 0.663. The second-order valence-corrected chi connectivity index (χ2v) is 6.02. The molecule has 0 amide bonds. The smallest absolute Gasteiger partial charge is 0.117 e. The van der Waals surface area contributed by atoms with Crippen LogP contribution in [0.3, 0.4) is 0 Å². The van der Waals surface area contributed by atoms with Crippen molar-refractivity contribution in [2.75, 3.05) is 26.8 Å². The molecular weight excluding hydrogens is 246 g/mol. The van der Waals surface area contributed by atoms with Crippen LogP contribution >= 0.6 is 11.3 Å². The molecule has 0 aromatic carbocycles. The number of hydrogen-bond acceptors (Lipinski definition) is 5. The Balaban J connectivity index is 2.11. The molecule has 0 aliphatic carbocycles. The van der Waals surface area contributed by atoms with Crippen molar-refractivity contribution in [2.24, 2.45) is 5.92 Å². The zero-order chi connectivity index (χ0) is 13.2. The molecule has 4 nitrogen and oxygen atoms in total. The summed E-state index contributed by atoms with van der Waals surface area (Å²) in [7, 11) is 1.72. The molecule has 0 bridgehead atoms. The maximum atomic E-state index is 4.97. The van der Waals surface area contributed by atoms with Crippen molar-refractivity contribution in [3.05, 3.63) is 10.0 Å². The van der Waals surface area contributed by atoms with Crippen molar-refractivity contribution in [1.82, 2.24) is 15.5 Å². The lowest BCUT2D eigenvalue weighted by Gasteiger charge is -2.01. The molecule has 0 aliphatic heterocycles. The molecule has 1 aromatic rings.